The van der Waals surface area contributed by atoms with Crippen LogP contribution in [-0.2, 0) is 0 Å². The average molecular weight is 233 g/mol. The van der Waals surface area contributed by atoms with Crippen molar-refractivity contribution in [1.29, 1.82) is 0 Å². The lowest BCUT2D eigenvalue weighted by Crippen LogP contribution is -2.04. The van der Waals surface area contributed by atoms with E-state index >= 15 is 0 Å². The van der Waals surface area contributed by atoms with Crippen LogP contribution < -0.4 is 5.73 Å². The van der Waals surface area contributed by atoms with Gasteiger partial charge in [-0.15, -0.1) is 0 Å². The molecule has 0 spiro atoms. The molecule has 2 rings (SSSR count). The Morgan fingerprint density at radius 2 is 2.06 bits per heavy atom. The predicted molar refractivity (Wildman–Crippen MR) is 67.2 cm³/mol. The summed E-state index contributed by atoms with van der Waals surface area (Å²) in [6.45, 7) is 5.94. The molecule has 0 saturated heterocycles. The third-order valence-corrected chi connectivity index (χ3v) is 2.83. The van der Waals surface area contributed by atoms with Gasteiger partial charge >= 0.3 is 0 Å². The highest BCUT2D eigenvalue weighted by Gasteiger charge is 2.13. The highest BCUT2D eigenvalue weighted by atomic mass is 19.1. The van der Waals surface area contributed by atoms with Gasteiger partial charge in [0, 0.05) is 11.6 Å². The van der Waals surface area contributed by atoms with Crippen LogP contribution in [-0.4, -0.2) is 9.55 Å². The lowest BCUT2D eigenvalue weighted by Gasteiger charge is -2.10. The number of nitrogens with two attached hydrogens (primary N) is 1. The number of aromatic nitrogens is 2. The molecule has 0 radical (unpaired) electrons. The van der Waals surface area contributed by atoms with Gasteiger partial charge in [0.2, 0.25) is 0 Å². The highest BCUT2D eigenvalue weighted by Crippen LogP contribution is 2.29. The summed E-state index contributed by atoms with van der Waals surface area (Å²) in [5.41, 5.74) is 8.49. The smallest absolute Gasteiger partial charge is 0.131 e. The van der Waals surface area contributed by atoms with Gasteiger partial charge in [0.25, 0.3) is 0 Å². The van der Waals surface area contributed by atoms with Gasteiger partial charge in [-0.2, -0.15) is 0 Å². The largest absolute Gasteiger partial charge is 0.383 e. The standard InChI is InChI=1S/C13H16FN3/c1-8(2)17-7-16-12(13(17)15)11-5-4-10(14)6-9(11)3/h4-8H,15H2,1-3H3. The molecule has 0 aliphatic carbocycles. The van der Waals surface area contributed by atoms with Gasteiger partial charge in [-0.25, -0.2) is 9.37 Å². The maximum Gasteiger partial charge on any atom is 0.131 e. The first-order chi connectivity index (χ1) is 8.00. The Bertz CT molecular complexity index is 544. The zero-order valence-electron chi connectivity index (χ0n) is 10.2. The Hall–Kier alpha value is -1.84. The Kier molecular flexibility index (Phi) is 2.88. The van der Waals surface area contributed by atoms with E-state index in [4.69, 9.17) is 5.73 Å². The molecule has 17 heavy (non-hydrogen) atoms. The fraction of sp³-hybridized carbons (Fsp3) is 0.308. The summed E-state index contributed by atoms with van der Waals surface area (Å²) in [5, 5.41) is 0. The van der Waals surface area contributed by atoms with Gasteiger partial charge in [0.05, 0.1) is 6.33 Å². The first-order valence-electron chi connectivity index (χ1n) is 5.59. The first kappa shape index (κ1) is 11.6. The molecule has 0 aliphatic rings. The van der Waals surface area contributed by atoms with E-state index in [1.165, 1.54) is 12.1 Å². The van der Waals surface area contributed by atoms with Crippen molar-refractivity contribution in [2.75, 3.05) is 5.73 Å². The van der Waals surface area contributed by atoms with Crippen LogP contribution in [0.1, 0.15) is 25.5 Å². The third kappa shape index (κ3) is 2.02. The number of hydrogen-bond donors (Lipinski definition) is 1. The van der Waals surface area contributed by atoms with Crippen LogP contribution in [0, 0.1) is 12.7 Å². The summed E-state index contributed by atoms with van der Waals surface area (Å²) in [4.78, 5) is 4.31. The van der Waals surface area contributed by atoms with Gasteiger partial charge in [-0.3, -0.25) is 0 Å². The first-order valence-corrected chi connectivity index (χ1v) is 5.59. The van der Waals surface area contributed by atoms with Gasteiger partial charge in [-0.1, -0.05) is 0 Å². The van der Waals surface area contributed by atoms with E-state index < -0.39 is 0 Å². The van der Waals surface area contributed by atoms with E-state index in [0.717, 1.165) is 16.8 Å². The average Bonchev–Trinajstić information content (AvgIpc) is 2.60. The summed E-state index contributed by atoms with van der Waals surface area (Å²) in [6, 6.07) is 4.89. The molecule has 90 valence electrons. The second kappa shape index (κ2) is 4.20. The zero-order chi connectivity index (χ0) is 12.6. The van der Waals surface area contributed by atoms with Crippen LogP contribution in [0.2, 0.25) is 0 Å². The van der Waals surface area contributed by atoms with Crippen molar-refractivity contribution < 1.29 is 4.39 Å². The van der Waals surface area contributed by atoms with Crippen molar-refractivity contribution in [2.45, 2.75) is 26.8 Å². The number of nitrogen functional groups attached to an aromatic ring is 1. The molecule has 0 unspecified atom stereocenters. The van der Waals surface area contributed by atoms with Crippen molar-refractivity contribution in [1.82, 2.24) is 9.55 Å². The number of rotatable bonds is 2. The minimum Gasteiger partial charge on any atom is -0.383 e. The van der Waals surface area contributed by atoms with Crippen molar-refractivity contribution in [2.24, 2.45) is 0 Å². The molecule has 1 heterocycles. The molecule has 3 nitrogen and oxygen atoms in total. The quantitative estimate of drug-likeness (QED) is 0.865. The summed E-state index contributed by atoms with van der Waals surface area (Å²) in [5.74, 6) is 0.378. The van der Waals surface area contributed by atoms with E-state index in [1.807, 2.05) is 25.3 Å². The minimum atomic E-state index is -0.242. The number of halogens is 1. The second-order valence-electron chi connectivity index (χ2n) is 4.44. The Labute approximate surface area is 100 Å². The Morgan fingerprint density at radius 3 is 2.59 bits per heavy atom. The normalized spacial score (nSPS) is 11.1. The lowest BCUT2D eigenvalue weighted by molar-refractivity contribution is 0.607. The van der Waals surface area contributed by atoms with Crippen molar-refractivity contribution in [3.05, 3.63) is 35.9 Å². The van der Waals surface area contributed by atoms with E-state index in [-0.39, 0.29) is 11.9 Å². The van der Waals surface area contributed by atoms with E-state index in [2.05, 4.69) is 4.98 Å². The number of imidazole rings is 1. The van der Waals surface area contributed by atoms with E-state index in [0.29, 0.717) is 5.82 Å². The fourth-order valence-electron chi connectivity index (χ4n) is 1.88. The van der Waals surface area contributed by atoms with Crippen molar-refractivity contribution in [3.63, 3.8) is 0 Å². The van der Waals surface area contributed by atoms with Gasteiger partial charge in [0.15, 0.2) is 0 Å². The summed E-state index contributed by atoms with van der Waals surface area (Å²) in [7, 11) is 0. The molecule has 1 aromatic heterocycles. The lowest BCUT2D eigenvalue weighted by atomic mass is 10.1. The summed E-state index contributed by atoms with van der Waals surface area (Å²) < 4.78 is 14.9. The topological polar surface area (TPSA) is 43.8 Å². The minimum absolute atomic E-state index is 0.242. The van der Waals surface area contributed by atoms with Crippen molar-refractivity contribution in [3.8, 4) is 11.3 Å². The Balaban J connectivity index is 2.54. The number of nitrogens with zero attached hydrogens (tertiary/aromatic N) is 2. The number of anilines is 1. The molecular formula is C13H16FN3. The zero-order valence-corrected chi connectivity index (χ0v) is 10.2. The third-order valence-electron chi connectivity index (χ3n) is 2.83. The monoisotopic (exact) mass is 233 g/mol. The number of hydrogen-bond acceptors (Lipinski definition) is 2. The van der Waals surface area contributed by atoms with Crippen LogP contribution in [0.15, 0.2) is 24.5 Å². The fourth-order valence-corrected chi connectivity index (χ4v) is 1.88. The molecule has 0 amide bonds. The van der Waals surface area contributed by atoms with Crippen LogP contribution in [0.25, 0.3) is 11.3 Å². The SMILES string of the molecule is Cc1cc(F)ccc1-c1ncn(C(C)C)c1N. The van der Waals surface area contributed by atoms with Crippen LogP contribution in [0.4, 0.5) is 10.2 Å². The molecule has 0 atom stereocenters. The summed E-state index contributed by atoms with van der Waals surface area (Å²) in [6.07, 6.45) is 1.72. The molecule has 2 N–H and O–H groups in total. The molecule has 0 aliphatic heterocycles. The summed E-state index contributed by atoms with van der Waals surface area (Å²) >= 11 is 0. The van der Waals surface area contributed by atoms with Crippen molar-refractivity contribution >= 4 is 5.82 Å². The maximum absolute atomic E-state index is 13.0. The molecule has 1 aromatic carbocycles. The highest BCUT2D eigenvalue weighted by molar-refractivity contribution is 5.73. The van der Waals surface area contributed by atoms with Crippen LogP contribution >= 0.6 is 0 Å². The molecule has 2 aromatic rings. The molecule has 4 heteroatoms. The van der Waals surface area contributed by atoms with Gasteiger partial charge in [0.1, 0.15) is 17.3 Å². The molecular weight excluding hydrogens is 217 g/mol. The van der Waals surface area contributed by atoms with Gasteiger partial charge < -0.3 is 10.3 Å². The second-order valence-corrected chi connectivity index (χ2v) is 4.44. The van der Waals surface area contributed by atoms with Crippen LogP contribution in [0.5, 0.6) is 0 Å². The predicted octanol–water partition coefficient (Wildman–Crippen LogP) is 3.16. The van der Waals surface area contributed by atoms with E-state index in [9.17, 15) is 4.39 Å². The molecule has 0 fully saturated rings. The number of benzene rings is 1. The Morgan fingerprint density at radius 1 is 1.35 bits per heavy atom. The number of aryl methyl sites for hydroxylation is 1. The van der Waals surface area contributed by atoms with Crippen LogP contribution in [0.3, 0.4) is 0 Å². The maximum atomic E-state index is 13.0. The van der Waals surface area contributed by atoms with Gasteiger partial charge in [-0.05, 0) is 44.5 Å². The molecule has 0 saturated carbocycles. The van der Waals surface area contributed by atoms with E-state index in [1.54, 1.807) is 12.4 Å². The molecule has 0 bridgehead atoms.